The van der Waals surface area contributed by atoms with Gasteiger partial charge in [0.05, 0.1) is 18.1 Å². The third kappa shape index (κ3) is 5.06. The number of likely N-dealkylation sites (tertiary alicyclic amines) is 2. The van der Waals surface area contributed by atoms with Gasteiger partial charge in [-0.2, -0.15) is 9.78 Å². The lowest BCUT2D eigenvalue weighted by atomic mass is 9.80. The summed E-state index contributed by atoms with van der Waals surface area (Å²) >= 11 is 6.61. The Morgan fingerprint density at radius 1 is 1.16 bits per heavy atom. The number of hydrogen-bond donors (Lipinski definition) is 0. The number of hydrogen-bond acceptors (Lipinski definition) is 6. The number of carbonyl (C=O) groups is 1. The highest BCUT2D eigenvalue weighted by atomic mass is 35.5. The molecule has 9 heteroatoms. The number of amides is 1. The molecular weight excluding hydrogens is 500 g/mol. The zero-order valence-electron chi connectivity index (χ0n) is 22.6. The third-order valence-corrected chi connectivity index (χ3v) is 9.48. The molecule has 6 rings (SSSR count). The lowest BCUT2D eigenvalue weighted by Gasteiger charge is -2.33. The number of fused-ring (bicyclic) bond motifs is 1. The van der Waals surface area contributed by atoms with Crippen LogP contribution in [0.4, 0.5) is 16.2 Å². The van der Waals surface area contributed by atoms with Crippen molar-refractivity contribution < 1.29 is 9.53 Å². The highest BCUT2D eigenvalue weighted by molar-refractivity contribution is 6.30. The summed E-state index contributed by atoms with van der Waals surface area (Å²) in [7, 11) is 1.93. The van der Waals surface area contributed by atoms with Crippen LogP contribution >= 0.6 is 11.6 Å². The minimum Gasteiger partial charge on any atom is -0.381 e. The van der Waals surface area contributed by atoms with E-state index in [4.69, 9.17) is 16.3 Å². The van der Waals surface area contributed by atoms with Crippen molar-refractivity contribution in [1.82, 2.24) is 19.6 Å². The van der Waals surface area contributed by atoms with Gasteiger partial charge in [0, 0.05) is 82.5 Å². The fourth-order valence-corrected chi connectivity index (χ4v) is 7.12. The molecule has 5 heterocycles. The summed E-state index contributed by atoms with van der Waals surface area (Å²) in [6, 6.07) is 6.54. The average Bonchev–Trinajstić information content (AvgIpc) is 3.67. The summed E-state index contributed by atoms with van der Waals surface area (Å²) in [5.74, 6) is 0.996. The molecule has 0 aliphatic carbocycles. The summed E-state index contributed by atoms with van der Waals surface area (Å²) in [6.07, 6.45) is 7.09. The first-order chi connectivity index (χ1) is 18.3. The van der Waals surface area contributed by atoms with Crippen molar-refractivity contribution in [2.75, 3.05) is 69.3 Å². The predicted molar refractivity (Wildman–Crippen MR) is 151 cm³/mol. The van der Waals surface area contributed by atoms with E-state index in [9.17, 15) is 4.79 Å². The molecule has 4 fully saturated rings. The second kappa shape index (κ2) is 10.2. The van der Waals surface area contributed by atoms with Gasteiger partial charge in [-0.15, -0.1) is 0 Å². The number of carbonyl (C=O) groups excluding carboxylic acids is 1. The van der Waals surface area contributed by atoms with Crippen LogP contribution in [0, 0.1) is 17.3 Å². The largest absolute Gasteiger partial charge is 0.381 e. The maximum absolute atomic E-state index is 13.1. The Morgan fingerprint density at radius 2 is 1.89 bits per heavy atom. The molecule has 38 heavy (non-hydrogen) atoms. The van der Waals surface area contributed by atoms with Crippen LogP contribution in [-0.4, -0.2) is 85.1 Å². The molecule has 1 spiro atoms. The van der Waals surface area contributed by atoms with E-state index in [1.807, 2.05) is 23.8 Å². The molecule has 1 aromatic heterocycles. The van der Waals surface area contributed by atoms with Crippen LogP contribution in [0.15, 0.2) is 42.9 Å². The van der Waals surface area contributed by atoms with E-state index < -0.39 is 0 Å². The van der Waals surface area contributed by atoms with E-state index in [1.54, 1.807) is 12.4 Å². The molecule has 0 bridgehead atoms. The monoisotopic (exact) mass is 538 g/mol. The van der Waals surface area contributed by atoms with Gasteiger partial charge in [-0.3, -0.25) is 4.90 Å². The molecule has 1 amide bonds. The third-order valence-electron chi connectivity index (χ3n) is 9.26. The maximum Gasteiger partial charge on any atom is 0.344 e. The second-order valence-corrected chi connectivity index (χ2v) is 12.4. The average molecular weight is 539 g/mol. The number of ether oxygens (including phenoxy) is 1. The van der Waals surface area contributed by atoms with Gasteiger partial charge in [0.25, 0.3) is 0 Å². The zero-order valence-corrected chi connectivity index (χ0v) is 23.4. The van der Waals surface area contributed by atoms with E-state index in [-0.39, 0.29) is 6.03 Å². The van der Waals surface area contributed by atoms with Gasteiger partial charge in [0.15, 0.2) is 0 Å². The van der Waals surface area contributed by atoms with Crippen molar-refractivity contribution in [2.24, 2.45) is 17.3 Å². The Morgan fingerprint density at radius 3 is 2.61 bits per heavy atom. The Kier molecular flexibility index (Phi) is 6.91. The van der Waals surface area contributed by atoms with Crippen molar-refractivity contribution in [3.8, 4) is 0 Å². The van der Waals surface area contributed by atoms with E-state index in [0.29, 0.717) is 17.3 Å². The smallest absolute Gasteiger partial charge is 0.344 e. The van der Waals surface area contributed by atoms with Gasteiger partial charge in [-0.05, 0) is 67.2 Å². The van der Waals surface area contributed by atoms with Gasteiger partial charge in [-0.1, -0.05) is 18.2 Å². The standard InChI is InChI=1S/C29H39ClN6O2/c1-21(2)32(3)27-13-31-36(19-27)28(37)35-17-23-15-33(16-24(23)18-35)14-22-10-25(30)12-26(11-22)34-7-4-29(20-34)5-8-38-9-6-29/h10-13,19,23-24H,1,4-9,14-18,20H2,2-3H3. The molecule has 8 nitrogen and oxygen atoms in total. The minimum atomic E-state index is -0.0419. The van der Waals surface area contributed by atoms with Crippen molar-refractivity contribution in [3.63, 3.8) is 0 Å². The van der Waals surface area contributed by atoms with E-state index in [2.05, 4.69) is 39.7 Å². The maximum atomic E-state index is 13.1. The quantitative estimate of drug-likeness (QED) is 0.557. The SMILES string of the molecule is C=C(C)N(C)c1cnn(C(=O)N2CC3CN(Cc4cc(Cl)cc(N5CCC6(CCOCC6)C5)c4)CC3C2)c1. The first-order valence-electron chi connectivity index (χ1n) is 13.9. The lowest BCUT2D eigenvalue weighted by Crippen LogP contribution is -2.36. The van der Waals surface area contributed by atoms with Crippen LogP contribution in [0.2, 0.25) is 5.02 Å². The van der Waals surface area contributed by atoms with Crippen LogP contribution in [0.5, 0.6) is 0 Å². The number of anilines is 2. The molecule has 2 unspecified atom stereocenters. The van der Waals surface area contributed by atoms with E-state index >= 15 is 0 Å². The molecule has 4 aliphatic heterocycles. The van der Waals surface area contributed by atoms with Crippen LogP contribution < -0.4 is 9.80 Å². The lowest BCUT2D eigenvalue weighted by molar-refractivity contribution is 0.0254. The first-order valence-corrected chi connectivity index (χ1v) is 14.2. The Hall–Kier alpha value is -2.55. The fourth-order valence-electron chi connectivity index (χ4n) is 6.87. The number of aromatic nitrogens is 2. The molecule has 1 aromatic carbocycles. The van der Waals surface area contributed by atoms with Crippen LogP contribution in [0.3, 0.4) is 0 Å². The molecule has 2 aromatic rings. The van der Waals surface area contributed by atoms with Gasteiger partial charge >= 0.3 is 6.03 Å². The van der Waals surface area contributed by atoms with Crippen molar-refractivity contribution in [1.29, 1.82) is 0 Å². The minimum absolute atomic E-state index is 0.0419. The highest BCUT2D eigenvalue weighted by Crippen LogP contribution is 2.42. The Balaban J connectivity index is 1.05. The fraction of sp³-hybridized carbons (Fsp3) is 0.586. The summed E-state index contributed by atoms with van der Waals surface area (Å²) in [4.78, 5) is 22.1. The topological polar surface area (TPSA) is 57.1 Å². The van der Waals surface area contributed by atoms with Crippen molar-refractivity contribution in [2.45, 2.75) is 32.7 Å². The normalized spacial score (nSPS) is 24.8. The number of nitrogens with zero attached hydrogens (tertiary/aromatic N) is 6. The van der Waals surface area contributed by atoms with Crippen molar-refractivity contribution >= 4 is 29.0 Å². The van der Waals surface area contributed by atoms with E-state index in [0.717, 1.165) is 75.4 Å². The molecular formula is C29H39ClN6O2. The number of halogens is 1. The summed E-state index contributed by atoms with van der Waals surface area (Å²) in [5, 5.41) is 5.13. The molecule has 4 saturated heterocycles. The second-order valence-electron chi connectivity index (χ2n) is 11.9. The molecule has 204 valence electrons. The van der Waals surface area contributed by atoms with E-state index in [1.165, 1.54) is 35.2 Å². The number of rotatable bonds is 5. The van der Waals surface area contributed by atoms with Crippen molar-refractivity contribution in [3.05, 3.63) is 53.5 Å². The Bertz CT molecular complexity index is 1190. The zero-order chi connectivity index (χ0) is 26.4. The molecule has 2 atom stereocenters. The molecule has 0 saturated carbocycles. The Labute approximate surface area is 230 Å². The molecule has 0 radical (unpaired) electrons. The van der Waals surface area contributed by atoms with Gasteiger partial charge in [-0.25, -0.2) is 4.79 Å². The van der Waals surface area contributed by atoms with Crippen LogP contribution in [0.25, 0.3) is 0 Å². The molecule has 0 N–H and O–H groups in total. The van der Waals surface area contributed by atoms with Crippen LogP contribution in [-0.2, 0) is 11.3 Å². The predicted octanol–water partition coefficient (Wildman–Crippen LogP) is 4.55. The summed E-state index contributed by atoms with van der Waals surface area (Å²) in [6.45, 7) is 14.4. The number of benzene rings is 1. The van der Waals surface area contributed by atoms with Gasteiger partial charge < -0.3 is 19.4 Å². The van der Waals surface area contributed by atoms with Crippen LogP contribution in [0.1, 0.15) is 31.7 Å². The summed E-state index contributed by atoms with van der Waals surface area (Å²) in [5.41, 5.74) is 4.72. The highest BCUT2D eigenvalue weighted by Gasteiger charge is 2.42. The number of allylic oxidation sites excluding steroid dienone is 1. The van der Waals surface area contributed by atoms with Gasteiger partial charge in [0.2, 0.25) is 0 Å². The summed E-state index contributed by atoms with van der Waals surface area (Å²) < 4.78 is 7.09. The first kappa shape index (κ1) is 25.7. The van der Waals surface area contributed by atoms with Gasteiger partial charge in [0.1, 0.15) is 0 Å². The molecule has 4 aliphatic rings.